The van der Waals surface area contributed by atoms with Crippen molar-refractivity contribution in [2.45, 2.75) is 76.3 Å². The number of nitrogens with one attached hydrogen (secondary N) is 1. The molecule has 1 aliphatic heterocycles. The zero-order valence-corrected chi connectivity index (χ0v) is 32.9. The maximum Gasteiger partial charge on any atom is 0.347 e. The van der Waals surface area contributed by atoms with Gasteiger partial charge in [-0.1, -0.05) is 61.2 Å². The van der Waals surface area contributed by atoms with Gasteiger partial charge in [0.1, 0.15) is 29.4 Å². The van der Waals surface area contributed by atoms with Crippen LogP contribution in [0, 0.1) is 11.3 Å². The monoisotopic (exact) mass is 773 g/mol. The quantitative estimate of drug-likeness (QED) is 0.0678. The van der Waals surface area contributed by atoms with Crippen molar-refractivity contribution in [1.29, 1.82) is 5.26 Å². The van der Waals surface area contributed by atoms with Crippen LogP contribution in [0.4, 0.5) is 0 Å². The van der Waals surface area contributed by atoms with Crippen molar-refractivity contribution in [1.82, 2.24) is 14.2 Å². The molecule has 3 aromatic carbocycles. The molecular weight excluding hydrogens is 723 g/mol. The van der Waals surface area contributed by atoms with Gasteiger partial charge in [0.25, 0.3) is 5.56 Å². The lowest BCUT2D eigenvalue weighted by Gasteiger charge is -2.39. The number of nitriles is 1. The van der Waals surface area contributed by atoms with E-state index in [9.17, 15) is 19.7 Å². The van der Waals surface area contributed by atoms with E-state index < -0.39 is 49.3 Å². The van der Waals surface area contributed by atoms with Crippen LogP contribution in [0.15, 0.2) is 114 Å². The normalized spacial score (nSPS) is 19.6. The Hall–Kier alpha value is -4.80. The summed E-state index contributed by atoms with van der Waals surface area (Å²) >= 11 is 0. The molecule has 292 valence electrons. The molecule has 0 aliphatic carbocycles. The van der Waals surface area contributed by atoms with Crippen LogP contribution in [0.2, 0.25) is 0 Å². The molecule has 14 heteroatoms. The highest BCUT2D eigenvalue weighted by atomic mass is 31.2. The summed E-state index contributed by atoms with van der Waals surface area (Å²) in [5.74, 6) is 1.32. The maximum atomic E-state index is 13.2. The Bertz CT molecular complexity index is 1960. The summed E-state index contributed by atoms with van der Waals surface area (Å²) in [5, 5.41) is 9.66. The molecule has 5 rings (SSSR count). The number of nitrogens with zero attached hydrogens (tertiary/aromatic N) is 3. The number of hydrogen-bond donors (Lipinski definition) is 2. The fraction of sp³-hybridized carbons (Fsp3) is 0.390. The van der Waals surface area contributed by atoms with Crippen molar-refractivity contribution in [3.63, 3.8) is 0 Å². The van der Waals surface area contributed by atoms with Crippen molar-refractivity contribution in [3.05, 3.63) is 141 Å². The largest absolute Gasteiger partial charge is 0.497 e. The molecule has 0 amide bonds. The predicted molar refractivity (Wildman–Crippen MR) is 210 cm³/mol. The molecule has 1 aliphatic rings. The number of aromatic nitrogens is 2. The molecule has 0 radical (unpaired) electrons. The zero-order valence-electron chi connectivity index (χ0n) is 32.0. The van der Waals surface area contributed by atoms with Crippen molar-refractivity contribution < 1.29 is 33.1 Å². The Kier molecular flexibility index (Phi) is 13.7. The van der Waals surface area contributed by atoms with Crippen molar-refractivity contribution in [3.8, 4) is 17.6 Å². The standard InChI is InChI=1S/C41H49N4O9P/c1-8-51-38-37(54-55(48,26-12-24-42)45(28(2)3)29(4)5)35(53-39(38)44-25-23-36(46)43-40(44)47)27-52-41(30-13-10-9-11-14-30,31-15-19-33(49-6)20-16-31)32-17-21-34(50-7)22-18-32/h8-11,13-23,25,28-29,35,37-39,48H,1,12,26-27H2,2-7H3/p+1/t35-,37-,38-,39-,55?/m1/s1. The number of aromatic amines is 1. The Morgan fingerprint density at radius 2 is 1.49 bits per heavy atom. The third-order valence-electron chi connectivity index (χ3n) is 9.53. The summed E-state index contributed by atoms with van der Waals surface area (Å²) in [6.45, 7) is 11.4. The third-order valence-corrected chi connectivity index (χ3v) is 12.6. The van der Waals surface area contributed by atoms with Crippen LogP contribution in [0.1, 0.15) is 57.0 Å². The van der Waals surface area contributed by atoms with Crippen LogP contribution in [-0.2, 0) is 24.3 Å². The fourth-order valence-corrected chi connectivity index (χ4v) is 10.2. The second-order valence-electron chi connectivity index (χ2n) is 13.6. The first-order valence-electron chi connectivity index (χ1n) is 18.1. The molecule has 1 fully saturated rings. The van der Waals surface area contributed by atoms with Gasteiger partial charge in [-0.15, -0.1) is 4.67 Å². The molecule has 0 bridgehead atoms. The first-order chi connectivity index (χ1) is 26.4. The summed E-state index contributed by atoms with van der Waals surface area (Å²) < 4.78 is 40.9. The highest BCUT2D eigenvalue weighted by Crippen LogP contribution is 2.64. The van der Waals surface area contributed by atoms with Crippen LogP contribution in [0.3, 0.4) is 0 Å². The summed E-state index contributed by atoms with van der Waals surface area (Å²) in [5.41, 5.74) is -0.208. The molecule has 2 heterocycles. The average molecular weight is 774 g/mol. The smallest absolute Gasteiger partial charge is 0.347 e. The summed E-state index contributed by atoms with van der Waals surface area (Å²) in [6.07, 6.45) is -1.66. The van der Waals surface area contributed by atoms with Gasteiger partial charge in [0.15, 0.2) is 18.4 Å². The molecule has 0 spiro atoms. The Labute approximate surface area is 322 Å². The van der Waals surface area contributed by atoms with E-state index in [1.54, 1.807) is 14.2 Å². The van der Waals surface area contributed by atoms with Gasteiger partial charge >= 0.3 is 13.6 Å². The highest BCUT2D eigenvalue weighted by Gasteiger charge is 2.59. The van der Waals surface area contributed by atoms with Gasteiger partial charge in [0.05, 0.1) is 39.6 Å². The lowest BCUT2D eigenvalue weighted by molar-refractivity contribution is -0.0951. The second kappa shape index (κ2) is 18.2. The predicted octanol–water partition coefficient (Wildman–Crippen LogP) is 6.16. The molecule has 5 atom stereocenters. The first kappa shape index (κ1) is 41.4. The fourth-order valence-electron chi connectivity index (χ4n) is 7.29. The topological polar surface area (TPSA) is 158 Å². The molecule has 1 saturated heterocycles. The Balaban J connectivity index is 1.69. The van der Waals surface area contributed by atoms with E-state index in [0.29, 0.717) is 11.5 Å². The average Bonchev–Trinajstić information content (AvgIpc) is 3.50. The minimum absolute atomic E-state index is 0.0246. The molecule has 4 aromatic rings. The number of ether oxygens (including phenoxy) is 5. The van der Waals surface area contributed by atoms with Gasteiger partial charge in [-0.2, -0.15) is 9.79 Å². The van der Waals surface area contributed by atoms with Crippen LogP contribution in [-0.4, -0.2) is 76.5 Å². The zero-order chi connectivity index (χ0) is 39.8. The SMILES string of the molecule is C=CO[C@@H]1[C@H](O[P+](O)(CCC#N)N(C(C)C)C(C)C)[C@@H](COC(c2ccccc2)(c2ccc(OC)cc2)c2ccc(OC)cc2)O[C@H]1n1ccc(=O)[nH]c1=O. The van der Waals surface area contributed by atoms with Crippen LogP contribution in [0.5, 0.6) is 11.5 Å². The van der Waals surface area contributed by atoms with Gasteiger partial charge in [0, 0.05) is 24.3 Å². The minimum Gasteiger partial charge on any atom is -0.497 e. The minimum atomic E-state index is -3.56. The number of H-pyrrole nitrogens is 1. The number of hydrogen-bond acceptors (Lipinski definition) is 11. The number of benzene rings is 3. The van der Waals surface area contributed by atoms with Crippen LogP contribution >= 0.6 is 7.87 Å². The van der Waals surface area contributed by atoms with Gasteiger partial charge in [-0.3, -0.25) is 14.3 Å². The van der Waals surface area contributed by atoms with E-state index in [1.807, 2.05) is 111 Å². The maximum absolute atomic E-state index is 13.2. The molecule has 13 nitrogen and oxygen atoms in total. The van der Waals surface area contributed by atoms with E-state index in [-0.39, 0.29) is 31.3 Å². The van der Waals surface area contributed by atoms with Crippen LogP contribution in [0.25, 0.3) is 0 Å². The number of methoxy groups -OCH3 is 2. The van der Waals surface area contributed by atoms with Crippen molar-refractivity contribution in [2.75, 3.05) is 27.0 Å². The Morgan fingerprint density at radius 3 is 1.98 bits per heavy atom. The first-order valence-corrected chi connectivity index (χ1v) is 19.9. The van der Waals surface area contributed by atoms with Gasteiger partial charge in [-0.25, -0.2) is 9.69 Å². The lowest BCUT2D eigenvalue weighted by Crippen LogP contribution is -2.45. The summed E-state index contributed by atoms with van der Waals surface area (Å²) in [6, 6.07) is 27.9. The van der Waals surface area contributed by atoms with E-state index in [1.165, 1.54) is 23.1 Å². The third kappa shape index (κ3) is 8.86. The highest BCUT2D eigenvalue weighted by molar-refractivity contribution is 7.63. The summed E-state index contributed by atoms with van der Waals surface area (Å²) in [4.78, 5) is 40.2. The molecule has 1 aromatic heterocycles. The van der Waals surface area contributed by atoms with E-state index in [4.69, 9.17) is 28.2 Å². The van der Waals surface area contributed by atoms with Gasteiger partial charge in [0.2, 0.25) is 0 Å². The molecular formula is C41H50N4O9P+. The van der Waals surface area contributed by atoms with Gasteiger partial charge < -0.3 is 23.7 Å². The van der Waals surface area contributed by atoms with E-state index in [0.717, 1.165) is 16.7 Å². The van der Waals surface area contributed by atoms with E-state index >= 15 is 0 Å². The molecule has 2 N–H and O–H groups in total. The number of rotatable bonds is 18. The van der Waals surface area contributed by atoms with Crippen LogP contribution < -0.4 is 20.7 Å². The van der Waals surface area contributed by atoms with Crippen molar-refractivity contribution in [2.24, 2.45) is 0 Å². The molecule has 1 unspecified atom stereocenters. The van der Waals surface area contributed by atoms with Crippen molar-refractivity contribution >= 4 is 7.87 Å². The molecule has 55 heavy (non-hydrogen) atoms. The Morgan fingerprint density at radius 1 is 0.927 bits per heavy atom. The molecule has 0 saturated carbocycles. The lowest BCUT2D eigenvalue weighted by atomic mass is 9.80. The summed E-state index contributed by atoms with van der Waals surface area (Å²) in [7, 11) is -0.362. The second-order valence-corrected chi connectivity index (χ2v) is 16.0. The van der Waals surface area contributed by atoms with Gasteiger partial charge in [-0.05, 0) is 68.7 Å². The van der Waals surface area contributed by atoms with E-state index in [2.05, 4.69) is 17.6 Å².